The summed E-state index contributed by atoms with van der Waals surface area (Å²) in [7, 11) is 1.52. The van der Waals surface area contributed by atoms with Gasteiger partial charge in [-0.25, -0.2) is 4.79 Å². The molecule has 0 unspecified atom stereocenters. The van der Waals surface area contributed by atoms with E-state index in [2.05, 4.69) is 5.16 Å². The van der Waals surface area contributed by atoms with Crippen LogP contribution in [-0.2, 0) is 11.4 Å². The average molecular weight is 275 g/mol. The number of aromatic nitrogens is 1. The van der Waals surface area contributed by atoms with Crippen LogP contribution in [0.3, 0.4) is 0 Å². The number of methoxy groups -OCH3 is 1. The Morgan fingerprint density at radius 2 is 2.30 bits per heavy atom. The molecule has 104 valence electrons. The summed E-state index contributed by atoms with van der Waals surface area (Å²) in [6.45, 7) is 0.175. The molecule has 0 fully saturated rings. The number of para-hydroxylation sites is 1. The zero-order chi connectivity index (χ0) is 14.4. The molecule has 0 radical (unpaired) electrons. The summed E-state index contributed by atoms with van der Waals surface area (Å²) >= 11 is 0. The topological polar surface area (TPSA) is 81.8 Å². The van der Waals surface area contributed by atoms with Gasteiger partial charge in [-0.15, -0.1) is 0 Å². The first-order chi connectivity index (χ1) is 9.70. The van der Waals surface area contributed by atoms with Crippen molar-refractivity contribution >= 4 is 12.0 Å². The van der Waals surface area contributed by atoms with Gasteiger partial charge in [-0.1, -0.05) is 17.3 Å². The Kier molecular flexibility index (Phi) is 4.39. The van der Waals surface area contributed by atoms with Crippen molar-refractivity contribution in [3.63, 3.8) is 0 Å². The van der Waals surface area contributed by atoms with Gasteiger partial charge in [-0.2, -0.15) is 0 Å². The fraction of sp³-hybridized carbons (Fsp3) is 0.143. The largest absolute Gasteiger partial charge is 0.493 e. The molecule has 0 aliphatic carbocycles. The second-order valence-corrected chi connectivity index (χ2v) is 3.82. The molecule has 2 aromatic rings. The molecule has 0 atom stereocenters. The summed E-state index contributed by atoms with van der Waals surface area (Å²) in [5.74, 6) is 0.485. The van der Waals surface area contributed by atoms with Crippen molar-refractivity contribution in [2.45, 2.75) is 6.61 Å². The zero-order valence-corrected chi connectivity index (χ0v) is 10.8. The van der Waals surface area contributed by atoms with E-state index in [1.807, 2.05) is 0 Å². The summed E-state index contributed by atoms with van der Waals surface area (Å²) < 4.78 is 15.8. The lowest BCUT2D eigenvalue weighted by atomic mass is 10.1. The van der Waals surface area contributed by atoms with Gasteiger partial charge >= 0.3 is 5.97 Å². The minimum atomic E-state index is -1.03. The Morgan fingerprint density at radius 3 is 2.95 bits per heavy atom. The fourth-order valence-electron chi connectivity index (χ4n) is 1.60. The van der Waals surface area contributed by atoms with Crippen LogP contribution in [-0.4, -0.2) is 23.3 Å². The first-order valence-electron chi connectivity index (χ1n) is 5.81. The van der Waals surface area contributed by atoms with Crippen LogP contribution < -0.4 is 9.47 Å². The SMILES string of the molecule is COc1cccc(/C=C/C(=O)O)c1OCc1ccno1. The number of hydrogen-bond acceptors (Lipinski definition) is 5. The molecule has 1 aromatic heterocycles. The van der Waals surface area contributed by atoms with Gasteiger partial charge in [-0.3, -0.25) is 0 Å². The second-order valence-electron chi connectivity index (χ2n) is 3.82. The predicted molar refractivity (Wildman–Crippen MR) is 70.5 cm³/mol. The molecular weight excluding hydrogens is 262 g/mol. The molecule has 1 aromatic carbocycles. The smallest absolute Gasteiger partial charge is 0.328 e. The molecule has 0 aliphatic rings. The maximum atomic E-state index is 10.6. The number of ether oxygens (including phenoxy) is 2. The minimum absolute atomic E-state index is 0.175. The highest BCUT2D eigenvalue weighted by Crippen LogP contribution is 2.32. The van der Waals surface area contributed by atoms with Crippen molar-refractivity contribution in [2.24, 2.45) is 0 Å². The van der Waals surface area contributed by atoms with E-state index in [1.165, 1.54) is 19.4 Å². The molecular formula is C14H13NO5. The normalized spacial score (nSPS) is 10.7. The Labute approximate surface area is 115 Å². The van der Waals surface area contributed by atoms with E-state index in [-0.39, 0.29) is 6.61 Å². The molecule has 0 amide bonds. The highest BCUT2D eigenvalue weighted by Gasteiger charge is 2.10. The summed E-state index contributed by atoms with van der Waals surface area (Å²) in [6.07, 6.45) is 4.00. The van der Waals surface area contributed by atoms with Crippen molar-refractivity contribution < 1.29 is 23.9 Å². The lowest BCUT2D eigenvalue weighted by Gasteiger charge is -2.12. The molecule has 0 spiro atoms. The Balaban J connectivity index is 2.25. The van der Waals surface area contributed by atoms with Gasteiger partial charge in [0.05, 0.1) is 13.3 Å². The van der Waals surface area contributed by atoms with Crippen molar-refractivity contribution in [1.29, 1.82) is 0 Å². The van der Waals surface area contributed by atoms with Gasteiger partial charge in [0, 0.05) is 17.7 Å². The minimum Gasteiger partial charge on any atom is -0.493 e. The van der Waals surface area contributed by atoms with E-state index >= 15 is 0 Å². The number of rotatable bonds is 6. The standard InChI is InChI=1S/C14H13NO5/c1-18-12-4-2-3-10(5-6-13(16)17)14(12)19-9-11-7-8-15-20-11/h2-8H,9H2,1H3,(H,16,17)/b6-5+. The van der Waals surface area contributed by atoms with Gasteiger partial charge in [0.1, 0.15) is 6.61 Å². The Hall–Kier alpha value is -2.76. The van der Waals surface area contributed by atoms with E-state index in [0.717, 1.165) is 6.08 Å². The molecule has 1 N–H and O–H groups in total. The van der Waals surface area contributed by atoms with Gasteiger partial charge in [-0.05, 0) is 12.1 Å². The fourth-order valence-corrected chi connectivity index (χ4v) is 1.60. The van der Waals surface area contributed by atoms with Gasteiger partial charge in [0.2, 0.25) is 0 Å². The number of benzene rings is 1. The second kappa shape index (κ2) is 6.42. The average Bonchev–Trinajstić information content (AvgIpc) is 2.96. The molecule has 6 heteroatoms. The highest BCUT2D eigenvalue weighted by molar-refractivity contribution is 5.86. The van der Waals surface area contributed by atoms with Gasteiger partial charge < -0.3 is 19.1 Å². The van der Waals surface area contributed by atoms with Crippen molar-refractivity contribution in [2.75, 3.05) is 7.11 Å². The van der Waals surface area contributed by atoms with Crippen LogP contribution >= 0.6 is 0 Å². The number of carboxylic acid groups (broad SMARTS) is 1. The van der Waals surface area contributed by atoms with Crippen LogP contribution in [0, 0.1) is 0 Å². The summed E-state index contributed by atoms with van der Waals surface area (Å²) in [4.78, 5) is 10.6. The molecule has 0 aliphatic heterocycles. The molecule has 2 rings (SSSR count). The number of carbonyl (C=O) groups is 1. The van der Waals surface area contributed by atoms with Crippen molar-refractivity contribution in [1.82, 2.24) is 5.16 Å². The van der Waals surface area contributed by atoms with E-state index in [9.17, 15) is 4.79 Å². The van der Waals surface area contributed by atoms with Crippen LogP contribution in [0.25, 0.3) is 6.08 Å². The molecule has 0 bridgehead atoms. The Bertz CT molecular complexity index is 604. The maximum absolute atomic E-state index is 10.6. The first-order valence-corrected chi connectivity index (χ1v) is 5.81. The summed E-state index contributed by atoms with van der Waals surface area (Å²) in [6, 6.07) is 6.90. The predicted octanol–water partition coefficient (Wildman–Crippen LogP) is 2.36. The van der Waals surface area contributed by atoms with E-state index in [1.54, 1.807) is 24.3 Å². The number of carboxylic acids is 1. The molecule has 0 saturated heterocycles. The number of aliphatic carboxylic acids is 1. The van der Waals surface area contributed by atoms with Gasteiger partial charge in [0.25, 0.3) is 0 Å². The van der Waals surface area contributed by atoms with Crippen LogP contribution in [0.15, 0.2) is 41.1 Å². The zero-order valence-electron chi connectivity index (χ0n) is 10.8. The maximum Gasteiger partial charge on any atom is 0.328 e. The van der Waals surface area contributed by atoms with Crippen LogP contribution in [0.1, 0.15) is 11.3 Å². The van der Waals surface area contributed by atoms with Crippen molar-refractivity contribution in [3.8, 4) is 11.5 Å². The number of nitrogens with zero attached hydrogens (tertiary/aromatic N) is 1. The van der Waals surface area contributed by atoms with Gasteiger partial charge in [0.15, 0.2) is 17.3 Å². The number of hydrogen-bond donors (Lipinski definition) is 1. The lowest BCUT2D eigenvalue weighted by Crippen LogP contribution is -1.99. The quantitative estimate of drug-likeness (QED) is 0.815. The molecule has 20 heavy (non-hydrogen) atoms. The van der Waals surface area contributed by atoms with Crippen LogP contribution in [0.2, 0.25) is 0 Å². The lowest BCUT2D eigenvalue weighted by molar-refractivity contribution is -0.131. The van der Waals surface area contributed by atoms with E-state index < -0.39 is 5.97 Å². The Morgan fingerprint density at radius 1 is 1.45 bits per heavy atom. The van der Waals surface area contributed by atoms with E-state index in [0.29, 0.717) is 22.8 Å². The highest BCUT2D eigenvalue weighted by atomic mass is 16.5. The molecule has 1 heterocycles. The van der Waals surface area contributed by atoms with Crippen LogP contribution in [0.4, 0.5) is 0 Å². The monoisotopic (exact) mass is 275 g/mol. The molecule has 0 saturated carbocycles. The van der Waals surface area contributed by atoms with Crippen molar-refractivity contribution in [3.05, 3.63) is 47.9 Å². The third-order valence-corrected chi connectivity index (χ3v) is 2.48. The molecule has 6 nitrogen and oxygen atoms in total. The third kappa shape index (κ3) is 3.38. The van der Waals surface area contributed by atoms with E-state index in [4.69, 9.17) is 19.1 Å². The first kappa shape index (κ1) is 13.7. The summed E-state index contributed by atoms with van der Waals surface area (Å²) in [5.41, 5.74) is 0.603. The van der Waals surface area contributed by atoms with Crippen LogP contribution in [0.5, 0.6) is 11.5 Å². The summed E-state index contributed by atoms with van der Waals surface area (Å²) in [5, 5.41) is 12.3. The third-order valence-electron chi connectivity index (χ3n) is 2.48.